The van der Waals surface area contributed by atoms with Crippen molar-refractivity contribution in [3.8, 4) is 0 Å². The van der Waals surface area contributed by atoms with Gasteiger partial charge in [0, 0.05) is 7.05 Å². The molecule has 6 heteroatoms. The zero-order chi connectivity index (χ0) is 17.1. The van der Waals surface area contributed by atoms with Gasteiger partial charge in [0.05, 0.1) is 13.3 Å². The smallest absolute Gasteiger partial charge is 0.183 e. The fourth-order valence-electron chi connectivity index (χ4n) is 2.79. The Bertz CT molecular complexity index is 741. The first kappa shape index (κ1) is 16.7. The second kappa shape index (κ2) is 7.15. The number of nitrogens with zero attached hydrogens (tertiary/aromatic N) is 4. The Morgan fingerprint density at radius 3 is 2.67 bits per heavy atom. The lowest BCUT2D eigenvalue weighted by Crippen LogP contribution is -2.56. The van der Waals surface area contributed by atoms with Crippen LogP contribution < -0.4 is 4.90 Å². The number of thiocarbonyl (C=S) groups is 1. The molecule has 2 aromatic rings. The highest BCUT2D eigenvalue weighted by Gasteiger charge is 2.29. The molecule has 0 bridgehead atoms. The fraction of sp³-hybridized carbons (Fsp3) is 0.333. The van der Waals surface area contributed by atoms with Crippen LogP contribution in [-0.2, 0) is 0 Å². The summed E-state index contributed by atoms with van der Waals surface area (Å²) in [6.45, 7) is 6.64. The molecule has 0 unspecified atom stereocenters. The van der Waals surface area contributed by atoms with Gasteiger partial charge in [-0.05, 0) is 37.3 Å². The van der Waals surface area contributed by atoms with E-state index in [0.29, 0.717) is 0 Å². The molecule has 0 spiro atoms. The predicted octanol–water partition coefficient (Wildman–Crippen LogP) is 3.43. The molecule has 1 aliphatic rings. The summed E-state index contributed by atoms with van der Waals surface area (Å²) >= 11 is 5.63. The molecular formula is C18H22N4OS. The van der Waals surface area contributed by atoms with Gasteiger partial charge in [-0.3, -0.25) is 4.90 Å². The third-order valence-electron chi connectivity index (χ3n) is 4.11. The predicted molar refractivity (Wildman–Crippen MR) is 102 cm³/mol. The number of rotatable bonds is 4. The molecule has 126 valence electrons. The summed E-state index contributed by atoms with van der Waals surface area (Å²) in [6.07, 6.45) is 3.98. The van der Waals surface area contributed by atoms with Gasteiger partial charge < -0.3 is 14.3 Å². The number of anilines is 1. The van der Waals surface area contributed by atoms with E-state index in [1.165, 1.54) is 0 Å². The van der Waals surface area contributed by atoms with E-state index in [1.807, 2.05) is 44.3 Å². The molecule has 24 heavy (non-hydrogen) atoms. The van der Waals surface area contributed by atoms with Crippen molar-refractivity contribution in [3.63, 3.8) is 0 Å². The summed E-state index contributed by atoms with van der Waals surface area (Å²) in [7, 11) is 2.01. The van der Waals surface area contributed by atoms with Crippen molar-refractivity contribution in [1.82, 2.24) is 15.0 Å². The quantitative estimate of drug-likeness (QED) is 0.792. The van der Waals surface area contributed by atoms with E-state index < -0.39 is 0 Å². The maximum absolute atomic E-state index is 5.63. The van der Waals surface area contributed by atoms with E-state index in [-0.39, 0.29) is 0 Å². The second-order valence-electron chi connectivity index (χ2n) is 5.90. The minimum atomic E-state index is 0.727. The largest absolute Gasteiger partial charge is 0.354 e. The molecule has 1 aromatic heterocycles. The summed E-state index contributed by atoms with van der Waals surface area (Å²) < 4.78 is 5.55. The van der Waals surface area contributed by atoms with Crippen LogP contribution >= 0.6 is 12.2 Å². The van der Waals surface area contributed by atoms with Crippen molar-refractivity contribution in [2.45, 2.75) is 13.8 Å². The van der Waals surface area contributed by atoms with Gasteiger partial charge in [-0.1, -0.05) is 48.5 Å². The second-order valence-corrected chi connectivity index (χ2v) is 6.27. The van der Waals surface area contributed by atoms with E-state index in [1.54, 1.807) is 0 Å². The summed E-state index contributed by atoms with van der Waals surface area (Å²) in [5, 5.41) is 4.94. The summed E-state index contributed by atoms with van der Waals surface area (Å²) in [6, 6.07) is 10.1. The molecule has 1 saturated heterocycles. The monoisotopic (exact) mass is 342 g/mol. The van der Waals surface area contributed by atoms with Crippen LogP contribution in [0, 0.1) is 6.92 Å². The molecule has 5 nitrogen and oxygen atoms in total. The highest BCUT2D eigenvalue weighted by Crippen LogP contribution is 2.29. The number of benzene rings is 1. The van der Waals surface area contributed by atoms with Gasteiger partial charge in [0.2, 0.25) is 0 Å². The highest BCUT2D eigenvalue weighted by molar-refractivity contribution is 7.80. The highest BCUT2D eigenvalue weighted by atomic mass is 32.1. The standard InChI is InChI=1S/C18H22N4OS/c1-4-21-12-20(3)18(24)22(13-21)17-14(2)19-23-16(17)11-10-15-8-6-5-7-9-15/h5-11H,4,12-13H2,1-3H3/b11-10+. The van der Waals surface area contributed by atoms with Crippen LogP contribution in [0.5, 0.6) is 0 Å². The molecule has 0 N–H and O–H groups in total. The first-order valence-electron chi connectivity index (χ1n) is 8.04. The molecule has 1 aliphatic heterocycles. The molecule has 0 amide bonds. The van der Waals surface area contributed by atoms with E-state index in [4.69, 9.17) is 16.7 Å². The molecular weight excluding hydrogens is 320 g/mol. The Balaban J connectivity index is 1.92. The van der Waals surface area contributed by atoms with Gasteiger partial charge in [-0.2, -0.15) is 0 Å². The van der Waals surface area contributed by atoms with Crippen LogP contribution in [-0.4, -0.2) is 47.0 Å². The molecule has 0 aliphatic carbocycles. The van der Waals surface area contributed by atoms with Crippen molar-refractivity contribution < 1.29 is 4.52 Å². The average molecular weight is 342 g/mol. The molecule has 0 atom stereocenters. The third-order valence-corrected chi connectivity index (χ3v) is 4.64. The van der Waals surface area contributed by atoms with Crippen molar-refractivity contribution >= 4 is 35.2 Å². The Morgan fingerprint density at radius 1 is 1.21 bits per heavy atom. The van der Waals surface area contributed by atoms with E-state index in [0.717, 1.165) is 47.7 Å². The topological polar surface area (TPSA) is 35.8 Å². The van der Waals surface area contributed by atoms with E-state index >= 15 is 0 Å². The van der Waals surface area contributed by atoms with Crippen LogP contribution in [0.4, 0.5) is 5.69 Å². The van der Waals surface area contributed by atoms with Crippen LogP contribution in [0.25, 0.3) is 12.2 Å². The Hall–Kier alpha value is -2.18. The normalized spacial score (nSPS) is 16.4. The Kier molecular flexibility index (Phi) is 4.97. The first-order valence-corrected chi connectivity index (χ1v) is 8.45. The van der Waals surface area contributed by atoms with Gasteiger partial charge in [-0.15, -0.1) is 0 Å². The van der Waals surface area contributed by atoms with E-state index in [2.05, 4.69) is 38.9 Å². The third kappa shape index (κ3) is 3.34. The van der Waals surface area contributed by atoms with Crippen LogP contribution in [0.1, 0.15) is 23.9 Å². The lowest BCUT2D eigenvalue weighted by atomic mass is 10.2. The van der Waals surface area contributed by atoms with Crippen molar-refractivity contribution in [1.29, 1.82) is 0 Å². The van der Waals surface area contributed by atoms with Crippen LogP contribution in [0.3, 0.4) is 0 Å². The zero-order valence-corrected chi connectivity index (χ0v) is 15.1. The Morgan fingerprint density at radius 2 is 1.96 bits per heavy atom. The lowest BCUT2D eigenvalue weighted by molar-refractivity contribution is 0.194. The molecule has 1 fully saturated rings. The van der Waals surface area contributed by atoms with Gasteiger partial charge in [0.15, 0.2) is 10.9 Å². The summed E-state index contributed by atoms with van der Waals surface area (Å²) in [5.74, 6) is 0.727. The number of hydrogen-bond donors (Lipinski definition) is 0. The van der Waals surface area contributed by atoms with Gasteiger partial charge >= 0.3 is 0 Å². The maximum Gasteiger partial charge on any atom is 0.183 e. The number of hydrogen-bond acceptors (Lipinski definition) is 4. The average Bonchev–Trinajstić information content (AvgIpc) is 2.97. The first-order chi connectivity index (χ1) is 11.6. The summed E-state index contributed by atoms with van der Waals surface area (Å²) in [4.78, 5) is 6.48. The molecule has 2 heterocycles. The van der Waals surface area contributed by atoms with Crippen molar-refractivity contribution in [2.24, 2.45) is 0 Å². The zero-order valence-electron chi connectivity index (χ0n) is 14.3. The van der Waals surface area contributed by atoms with E-state index in [9.17, 15) is 0 Å². The minimum Gasteiger partial charge on any atom is -0.354 e. The van der Waals surface area contributed by atoms with Gasteiger partial charge in [0.25, 0.3) is 0 Å². The minimum absolute atomic E-state index is 0.727. The lowest BCUT2D eigenvalue weighted by Gasteiger charge is -2.42. The summed E-state index contributed by atoms with van der Waals surface area (Å²) in [5.41, 5.74) is 2.90. The van der Waals surface area contributed by atoms with Crippen molar-refractivity contribution in [2.75, 3.05) is 31.8 Å². The van der Waals surface area contributed by atoms with Crippen LogP contribution in [0.15, 0.2) is 34.9 Å². The molecule has 1 aromatic carbocycles. The van der Waals surface area contributed by atoms with Gasteiger partial charge in [0.1, 0.15) is 11.4 Å². The molecule has 0 radical (unpaired) electrons. The molecule has 3 rings (SSSR count). The SMILES string of the molecule is CCN1CN(C)C(=S)N(c2c(C)noc2/C=C/c2ccccc2)C1. The van der Waals surface area contributed by atoms with Crippen molar-refractivity contribution in [3.05, 3.63) is 47.3 Å². The van der Waals surface area contributed by atoms with Gasteiger partial charge in [-0.25, -0.2) is 0 Å². The maximum atomic E-state index is 5.63. The number of aromatic nitrogens is 1. The van der Waals surface area contributed by atoms with Crippen LogP contribution in [0.2, 0.25) is 0 Å². The fourth-order valence-corrected chi connectivity index (χ4v) is 3.00. The number of aryl methyl sites for hydroxylation is 1. The molecule has 0 saturated carbocycles. The Labute approximate surface area is 148 Å².